The van der Waals surface area contributed by atoms with E-state index in [4.69, 9.17) is 4.74 Å². The van der Waals surface area contributed by atoms with E-state index in [1.165, 1.54) is 0 Å². The number of amides is 4. The average molecular weight is 338 g/mol. The second kappa shape index (κ2) is 6.68. The number of nitrogens with zero attached hydrogens (tertiary/aromatic N) is 2. The van der Waals surface area contributed by atoms with Crippen molar-refractivity contribution in [3.05, 3.63) is 0 Å². The van der Waals surface area contributed by atoms with Gasteiger partial charge in [-0.1, -0.05) is 6.92 Å². The van der Waals surface area contributed by atoms with Gasteiger partial charge in [-0.2, -0.15) is 5.01 Å². The maximum Gasteiger partial charge on any atom is 0.344 e. The molecule has 2 aliphatic heterocycles. The molecule has 1 saturated carbocycles. The first kappa shape index (κ1) is 17.2. The zero-order valence-electron chi connectivity index (χ0n) is 14.3. The first-order valence-corrected chi connectivity index (χ1v) is 8.70. The van der Waals surface area contributed by atoms with Gasteiger partial charge in [0.05, 0.1) is 19.3 Å². The van der Waals surface area contributed by atoms with E-state index >= 15 is 0 Å². The molecule has 2 heterocycles. The SMILES string of the molecule is CC1CCC2(CC1)NC(=O)N(NC(=O)CN1CCOC(C)C1)C2=O. The Morgan fingerprint density at radius 2 is 2.04 bits per heavy atom. The van der Waals surface area contributed by atoms with E-state index < -0.39 is 11.6 Å². The van der Waals surface area contributed by atoms with Gasteiger partial charge in [0.2, 0.25) is 0 Å². The van der Waals surface area contributed by atoms with Crippen molar-refractivity contribution in [2.24, 2.45) is 5.92 Å². The molecular weight excluding hydrogens is 312 g/mol. The van der Waals surface area contributed by atoms with E-state index in [1.807, 2.05) is 11.8 Å². The van der Waals surface area contributed by atoms with Gasteiger partial charge in [0.1, 0.15) is 5.54 Å². The van der Waals surface area contributed by atoms with Gasteiger partial charge >= 0.3 is 6.03 Å². The lowest BCUT2D eigenvalue weighted by Crippen LogP contribution is -2.53. The Hall–Kier alpha value is -1.67. The zero-order chi connectivity index (χ0) is 17.3. The summed E-state index contributed by atoms with van der Waals surface area (Å²) in [5.74, 6) is -0.121. The Labute approximate surface area is 141 Å². The topological polar surface area (TPSA) is 91.0 Å². The van der Waals surface area contributed by atoms with E-state index in [9.17, 15) is 14.4 Å². The molecule has 0 aromatic rings. The molecule has 8 nitrogen and oxygen atoms in total. The molecule has 3 fully saturated rings. The summed E-state index contributed by atoms with van der Waals surface area (Å²) in [6, 6.07) is -0.529. The van der Waals surface area contributed by atoms with Crippen LogP contribution in [0.3, 0.4) is 0 Å². The Morgan fingerprint density at radius 1 is 1.33 bits per heavy atom. The summed E-state index contributed by atoms with van der Waals surface area (Å²) in [5.41, 5.74) is 1.64. The molecular formula is C16H26N4O4. The molecule has 2 N–H and O–H groups in total. The monoisotopic (exact) mass is 338 g/mol. The molecule has 3 aliphatic rings. The molecule has 0 radical (unpaired) electrons. The minimum atomic E-state index is -0.829. The van der Waals surface area contributed by atoms with Crippen molar-refractivity contribution in [1.29, 1.82) is 0 Å². The van der Waals surface area contributed by atoms with Gasteiger partial charge < -0.3 is 10.1 Å². The van der Waals surface area contributed by atoms with Crippen LogP contribution in [0.2, 0.25) is 0 Å². The van der Waals surface area contributed by atoms with Gasteiger partial charge in [-0.15, -0.1) is 0 Å². The molecule has 0 aromatic heterocycles. The Balaban J connectivity index is 1.57. The molecule has 134 valence electrons. The van der Waals surface area contributed by atoms with Crippen LogP contribution in [-0.2, 0) is 14.3 Å². The third kappa shape index (κ3) is 3.39. The van der Waals surface area contributed by atoms with Gasteiger partial charge in [-0.25, -0.2) is 4.79 Å². The molecule has 1 unspecified atom stereocenters. The smallest absolute Gasteiger partial charge is 0.344 e. The van der Waals surface area contributed by atoms with Crippen molar-refractivity contribution in [1.82, 2.24) is 20.7 Å². The number of hydrogen-bond donors (Lipinski definition) is 2. The predicted molar refractivity (Wildman–Crippen MR) is 85.7 cm³/mol. The van der Waals surface area contributed by atoms with Crippen molar-refractivity contribution >= 4 is 17.8 Å². The fourth-order valence-corrected chi connectivity index (χ4v) is 3.71. The van der Waals surface area contributed by atoms with Gasteiger partial charge in [0, 0.05) is 13.1 Å². The van der Waals surface area contributed by atoms with Crippen molar-refractivity contribution in [2.45, 2.75) is 51.2 Å². The normalized spacial score (nSPS) is 34.5. The quantitative estimate of drug-likeness (QED) is 0.719. The molecule has 1 atom stereocenters. The fourth-order valence-electron chi connectivity index (χ4n) is 3.71. The number of rotatable bonds is 3. The van der Waals surface area contributed by atoms with Crippen LogP contribution in [0.15, 0.2) is 0 Å². The summed E-state index contributed by atoms with van der Waals surface area (Å²) in [7, 11) is 0. The third-order valence-corrected chi connectivity index (χ3v) is 5.22. The van der Waals surface area contributed by atoms with Crippen LogP contribution in [0, 0.1) is 5.92 Å². The van der Waals surface area contributed by atoms with Crippen LogP contribution in [-0.4, -0.2) is 65.6 Å². The van der Waals surface area contributed by atoms with Crippen molar-refractivity contribution in [3.8, 4) is 0 Å². The largest absolute Gasteiger partial charge is 0.376 e. The van der Waals surface area contributed by atoms with E-state index in [0.29, 0.717) is 38.5 Å². The van der Waals surface area contributed by atoms with Crippen LogP contribution in [0.1, 0.15) is 39.5 Å². The minimum absolute atomic E-state index is 0.0794. The highest BCUT2D eigenvalue weighted by Gasteiger charge is 2.52. The number of hydrogen-bond acceptors (Lipinski definition) is 5. The average Bonchev–Trinajstić information content (AvgIpc) is 2.75. The van der Waals surface area contributed by atoms with Crippen molar-refractivity contribution in [3.63, 3.8) is 0 Å². The van der Waals surface area contributed by atoms with E-state index in [0.717, 1.165) is 17.9 Å². The van der Waals surface area contributed by atoms with Gasteiger partial charge in [0.15, 0.2) is 0 Å². The summed E-state index contributed by atoms with van der Waals surface area (Å²) >= 11 is 0. The maximum absolute atomic E-state index is 12.7. The molecule has 1 aliphatic carbocycles. The minimum Gasteiger partial charge on any atom is -0.376 e. The highest BCUT2D eigenvalue weighted by molar-refractivity contribution is 6.08. The van der Waals surface area contributed by atoms with E-state index in [1.54, 1.807) is 0 Å². The predicted octanol–water partition coefficient (Wildman–Crippen LogP) is 0.239. The van der Waals surface area contributed by atoms with Crippen LogP contribution in [0.4, 0.5) is 4.79 Å². The van der Waals surface area contributed by atoms with Crippen molar-refractivity contribution in [2.75, 3.05) is 26.2 Å². The van der Waals surface area contributed by atoms with E-state index in [2.05, 4.69) is 17.7 Å². The number of ether oxygens (including phenoxy) is 1. The number of nitrogens with one attached hydrogen (secondary N) is 2. The molecule has 2 saturated heterocycles. The second-order valence-corrected chi connectivity index (χ2v) is 7.29. The highest BCUT2D eigenvalue weighted by atomic mass is 16.5. The first-order valence-electron chi connectivity index (χ1n) is 8.70. The third-order valence-electron chi connectivity index (χ3n) is 5.22. The molecule has 4 amide bonds. The van der Waals surface area contributed by atoms with Crippen LogP contribution < -0.4 is 10.7 Å². The Kier molecular flexibility index (Phi) is 4.78. The molecule has 3 rings (SSSR count). The summed E-state index contributed by atoms with van der Waals surface area (Å²) in [6.45, 7) is 6.16. The lowest BCUT2D eigenvalue weighted by Gasteiger charge is -2.33. The van der Waals surface area contributed by atoms with Gasteiger partial charge in [0.25, 0.3) is 11.8 Å². The maximum atomic E-state index is 12.7. The summed E-state index contributed by atoms with van der Waals surface area (Å²) in [4.78, 5) is 39.0. The standard InChI is InChI=1S/C16H26N4O4/c1-11-3-5-16(6-4-11)14(22)20(15(23)17-16)18-13(21)10-19-7-8-24-12(2)9-19/h11-12H,3-10H2,1-2H3,(H,17,23)(H,18,21). The molecule has 8 heteroatoms. The summed E-state index contributed by atoms with van der Waals surface area (Å²) in [5, 5.41) is 3.66. The lowest BCUT2D eigenvalue weighted by atomic mass is 9.77. The lowest BCUT2D eigenvalue weighted by molar-refractivity contribution is -0.141. The molecule has 24 heavy (non-hydrogen) atoms. The Morgan fingerprint density at radius 3 is 2.71 bits per heavy atom. The molecule has 0 bridgehead atoms. The summed E-state index contributed by atoms with van der Waals surface area (Å²) in [6.07, 6.45) is 3.15. The molecule has 0 aromatic carbocycles. The van der Waals surface area contributed by atoms with Gasteiger partial charge in [-0.05, 0) is 38.5 Å². The summed E-state index contributed by atoms with van der Waals surface area (Å²) < 4.78 is 5.44. The second-order valence-electron chi connectivity index (χ2n) is 7.29. The number of carbonyl (C=O) groups excluding carboxylic acids is 3. The van der Waals surface area contributed by atoms with Crippen LogP contribution in [0.25, 0.3) is 0 Å². The molecule has 1 spiro atoms. The fraction of sp³-hybridized carbons (Fsp3) is 0.812. The van der Waals surface area contributed by atoms with Crippen molar-refractivity contribution < 1.29 is 19.1 Å². The number of imide groups is 1. The number of urea groups is 1. The first-order chi connectivity index (χ1) is 11.4. The van der Waals surface area contributed by atoms with E-state index in [-0.39, 0.29) is 24.5 Å². The zero-order valence-corrected chi connectivity index (χ0v) is 14.3. The van der Waals surface area contributed by atoms with Gasteiger partial charge in [-0.3, -0.25) is 19.9 Å². The van der Waals surface area contributed by atoms with Crippen LogP contribution in [0.5, 0.6) is 0 Å². The number of hydrazine groups is 1. The Bertz CT molecular complexity index is 530. The highest BCUT2D eigenvalue weighted by Crippen LogP contribution is 2.35. The number of morpholine rings is 1. The number of carbonyl (C=O) groups is 3. The van der Waals surface area contributed by atoms with Crippen LogP contribution >= 0.6 is 0 Å².